The van der Waals surface area contributed by atoms with Crippen LogP contribution < -0.4 is 4.74 Å². The topological polar surface area (TPSA) is 29.5 Å². The molecule has 0 saturated carbocycles. The molecule has 0 bridgehead atoms. The first-order valence-corrected chi connectivity index (χ1v) is 8.10. The summed E-state index contributed by atoms with van der Waals surface area (Å²) in [6.07, 6.45) is 0. The van der Waals surface area contributed by atoms with Gasteiger partial charge in [-0.2, -0.15) is 0 Å². The molecule has 0 saturated heterocycles. The second-order valence-electron chi connectivity index (χ2n) is 4.01. The van der Waals surface area contributed by atoms with E-state index in [1.165, 1.54) is 11.8 Å². The molecular weight excluding hydrogens is 346 g/mol. The quantitative estimate of drug-likeness (QED) is 0.767. The number of thiocarbonyl (C=S) groups is 1. The van der Waals surface area contributed by atoms with Crippen LogP contribution in [0.25, 0.3) is 0 Å². The number of fused-ring (bicyclic) bond motifs is 1. The number of carbonyl (C=O) groups is 1. The highest BCUT2D eigenvalue weighted by Gasteiger charge is 2.34. The van der Waals surface area contributed by atoms with Crippen LogP contribution in [-0.2, 0) is 0 Å². The van der Waals surface area contributed by atoms with E-state index in [2.05, 4.69) is 15.9 Å². The number of ketones is 1. The Morgan fingerprint density at radius 1 is 1.47 bits per heavy atom. The molecular formula is C13H14BrNO2S2. The number of halogens is 1. The van der Waals surface area contributed by atoms with Gasteiger partial charge >= 0.3 is 0 Å². The fraction of sp³-hybridized carbons (Fsp3) is 0.385. The molecule has 1 atom stereocenters. The van der Waals surface area contributed by atoms with Crippen molar-refractivity contribution in [2.45, 2.75) is 19.3 Å². The number of hydrogen-bond donors (Lipinski definition) is 0. The average Bonchev–Trinajstić information content (AvgIpc) is 2.68. The molecule has 19 heavy (non-hydrogen) atoms. The fourth-order valence-corrected chi connectivity index (χ4v) is 3.68. The summed E-state index contributed by atoms with van der Waals surface area (Å²) in [6, 6.07) is 5.46. The lowest BCUT2D eigenvalue weighted by Gasteiger charge is -2.22. The minimum Gasteiger partial charge on any atom is -0.470 e. The molecule has 102 valence electrons. The van der Waals surface area contributed by atoms with Crippen molar-refractivity contribution in [1.29, 1.82) is 0 Å². The van der Waals surface area contributed by atoms with E-state index < -0.39 is 5.44 Å². The van der Waals surface area contributed by atoms with Crippen molar-refractivity contribution in [2.75, 3.05) is 13.1 Å². The molecule has 0 amide bonds. The van der Waals surface area contributed by atoms with E-state index in [1.807, 2.05) is 24.8 Å². The molecule has 1 unspecified atom stereocenters. The van der Waals surface area contributed by atoms with Gasteiger partial charge < -0.3 is 9.64 Å². The van der Waals surface area contributed by atoms with Crippen LogP contribution in [0.2, 0.25) is 0 Å². The molecule has 1 aliphatic rings. The summed E-state index contributed by atoms with van der Waals surface area (Å²) >= 11 is 10.0. The lowest BCUT2D eigenvalue weighted by atomic mass is 10.1. The molecule has 3 nitrogen and oxygen atoms in total. The highest BCUT2D eigenvalue weighted by molar-refractivity contribution is 9.10. The van der Waals surface area contributed by atoms with Gasteiger partial charge in [0, 0.05) is 17.6 Å². The van der Waals surface area contributed by atoms with E-state index >= 15 is 0 Å². The molecule has 0 aromatic heterocycles. The van der Waals surface area contributed by atoms with Crippen molar-refractivity contribution < 1.29 is 9.53 Å². The summed E-state index contributed by atoms with van der Waals surface area (Å²) in [5.41, 5.74) is 0.0617. The monoisotopic (exact) mass is 359 g/mol. The maximum Gasteiger partial charge on any atom is 0.217 e. The maximum absolute atomic E-state index is 12.2. The lowest BCUT2D eigenvalue weighted by molar-refractivity contribution is 0.0938. The van der Waals surface area contributed by atoms with Crippen molar-refractivity contribution in [1.82, 2.24) is 4.90 Å². The third kappa shape index (κ3) is 3.12. The van der Waals surface area contributed by atoms with Crippen LogP contribution in [0.1, 0.15) is 24.2 Å². The second kappa shape index (κ2) is 6.24. The Morgan fingerprint density at radius 2 is 2.16 bits per heavy atom. The molecule has 0 fully saturated rings. The van der Waals surface area contributed by atoms with Crippen LogP contribution in [0.3, 0.4) is 0 Å². The predicted octanol–water partition coefficient (Wildman–Crippen LogP) is 3.71. The molecule has 1 aromatic carbocycles. The smallest absolute Gasteiger partial charge is 0.217 e. The van der Waals surface area contributed by atoms with Gasteiger partial charge in [-0.3, -0.25) is 4.79 Å². The zero-order valence-electron chi connectivity index (χ0n) is 10.7. The standard InChI is InChI=1S/C13H14BrNO2S2/c1-3-15(4-2)13(18)19-12-11(16)9-7-8(14)5-6-10(9)17-12/h5-7,12H,3-4H2,1-2H3. The van der Waals surface area contributed by atoms with Crippen LogP contribution in [0.4, 0.5) is 0 Å². The third-order valence-corrected chi connectivity index (χ3v) is 4.91. The van der Waals surface area contributed by atoms with Gasteiger partial charge in [-0.05, 0) is 43.8 Å². The van der Waals surface area contributed by atoms with Gasteiger partial charge in [0.2, 0.25) is 11.2 Å². The Balaban J connectivity index is 2.10. The lowest BCUT2D eigenvalue weighted by Crippen LogP contribution is -2.30. The van der Waals surface area contributed by atoms with E-state index in [9.17, 15) is 4.79 Å². The first-order valence-electron chi connectivity index (χ1n) is 6.02. The molecule has 0 spiro atoms. The van der Waals surface area contributed by atoms with Crippen molar-refractivity contribution in [2.24, 2.45) is 0 Å². The van der Waals surface area contributed by atoms with Crippen LogP contribution in [0.5, 0.6) is 5.75 Å². The Hall–Kier alpha value is -0.590. The number of nitrogens with zero attached hydrogens (tertiary/aromatic N) is 1. The molecule has 0 N–H and O–H groups in total. The second-order valence-corrected chi connectivity index (χ2v) is 6.62. The van der Waals surface area contributed by atoms with Crippen LogP contribution in [-0.4, -0.2) is 33.5 Å². The van der Waals surface area contributed by atoms with Gasteiger partial charge in [0.1, 0.15) is 10.1 Å². The predicted molar refractivity (Wildman–Crippen MR) is 86.0 cm³/mol. The fourth-order valence-electron chi connectivity index (χ4n) is 1.82. The molecule has 2 rings (SSSR count). The number of ether oxygens (including phenoxy) is 1. The minimum absolute atomic E-state index is 0.0178. The van der Waals surface area contributed by atoms with Crippen molar-refractivity contribution in [3.05, 3.63) is 28.2 Å². The van der Waals surface area contributed by atoms with Gasteiger partial charge in [-0.25, -0.2) is 0 Å². The SMILES string of the molecule is CCN(CC)C(=S)SC1Oc2ccc(Br)cc2C1=O. The number of carbonyl (C=O) groups excluding carboxylic acids is 1. The van der Waals surface area contributed by atoms with Crippen LogP contribution >= 0.6 is 39.9 Å². The van der Waals surface area contributed by atoms with Gasteiger partial charge in [0.15, 0.2) is 0 Å². The van der Waals surface area contributed by atoms with Crippen LogP contribution in [0.15, 0.2) is 22.7 Å². The summed E-state index contributed by atoms with van der Waals surface area (Å²) in [7, 11) is 0. The van der Waals surface area contributed by atoms with E-state index in [4.69, 9.17) is 17.0 Å². The number of benzene rings is 1. The summed E-state index contributed by atoms with van der Waals surface area (Å²) in [5.74, 6) is 0.615. The zero-order valence-corrected chi connectivity index (χ0v) is 13.9. The van der Waals surface area contributed by atoms with Gasteiger partial charge in [0.05, 0.1) is 5.56 Å². The Kier molecular flexibility index (Phi) is 4.86. The Bertz CT molecular complexity index is 517. The summed E-state index contributed by atoms with van der Waals surface area (Å²) < 4.78 is 7.24. The first-order chi connectivity index (χ1) is 9.06. The number of rotatable bonds is 3. The largest absolute Gasteiger partial charge is 0.470 e. The van der Waals surface area contributed by atoms with Crippen molar-refractivity contribution in [3.8, 4) is 5.75 Å². The van der Waals surface area contributed by atoms with Gasteiger partial charge in [0.25, 0.3) is 0 Å². The van der Waals surface area contributed by atoms with Gasteiger partial charge in [-0.15, -0.1) is 0 Å². The molecule has 0 aliphatic carbocycles. The molecule has 1 aliphatic heterocycles. The van der Waals surface area contributed by atoms with Gasteiger partial charge in [-0.1, -0.05) is 28.1 Å². The number of Topliss-reactive ketones (excluding diaryl/α,β-unsaturated/α-hetero) is 1. The van der Waals surface area contributed by atoms with Crippen molar-refractivity contribution in [3.63, 3.8) is 0 Å². The van der Waals surface area contributed by atoms with E-state index in [1.54, 1.807) is 12.1 Å². The summed E-state index contributed by atoms with van der Waals surface area (Å²) in [5, 5.41) is 0. The summed E-state index contributed by atoms with van der Waals surface area (Å²) in [4.78, 5) is 14.3. The highest BCUT2D eigenvalue weighted by Crippen LogP contribution is 2.35. The number of thioether (sulfide) groups is 1. The molecule has 0 radical (unpaired) electrons. The summed E-state index contributed by atoms with van der Waals surface area (Å²) in [6.45, 7) is 5.75. The van der Waals surface area contributed by atoms with Crippen LogP contribution in [0, 0.1) is 0 Å². The third-order valence-electron chi connectivity index (χ3n) is 2.88. The highest BCUT2D eigenvalue weighted by atomic mass is 79.9. The molecule has 1 heterocycles. The Morgan fingerprint density at radius 3 is 2.79 bits per heavy atom. The normalized spacial score (nSPS) is 17.0. The number of hydrogen-bond acceptors (Lipinski definition) is 4. The Labute approximate surface area is 130 Å². The van der Waals surface area contributed by atoms with E-state index in [0.717, 1.165) is 17.6 Å². The molecule has 1 aromatic rings. The zero-order chi connectivity index (χ0) is 14.0. The van der Waals surface area contributed by atoms with E-state index in [0.29, 0.717) is 15.6 Å². The average molecular weight is 360 g/mol. The van der Waals surface area contributed by atoms with Crippen molar-refractivity contribution >= 4 is 50.0 Å². The maximum atomic E-state index is 12.2. The first kappa shape index (κ1) is 14.8. The molecule has 6 heteroatoms. The minimum atomic E-state index is -0.558. The van der Waals surface area contributed by atoms with E-state index in [-0.39, 0.29) is 5.78 Å².